The van der Waals surface area contributed by atoms with Crippen LogP contribution in [0.25, 0.3) is 0 Å². The number of hydrogen-bond donors (Lipinski definition) is 1. The van der Waals surface area contributed by atoms with Gasteiger partial charge in [-0.15, -0.1) is 0 Å². The maximum absolute atomic E-state index is 9.71. The van der Waals surface area contributed by atoms with Crippen LogP contribution in [0.1, 0.15) is 25.7 Å². The van der Waals surface area contributed by atoms with Gasteiger partial charge < -0.3 is 10.0 Å². The standard InChI is InChI=1S/C9H17NO/c1-10-6-5-7-3-2-4-8(11)9(7)10/h7-9,11H,2-6H2,1H3/t7-,8?,9+/m1/s1. The Bertz CT molecular complexity index is 146. The number of hydrogen-bond acceptors (Lipinski definition) is 2. The molecule has 1 saturated carbocycles. The molecule has 1 heterocycles. The fraction of sp³-hybridized carbons (Fsp3) is 1.00. The summed E-state index contributed by atoms with van der Waals surface area (Å²) >= 11 is 0. The van der Waals surface area contributed by atoms with Crippen molar-refractivity contribution in [2.45, 2.75) is 37.8 Å². The van der Waals surface area contributed by atoms with Crippen molar-refractivity contribution in [3.8, 4) is 0 Å². The highest BCUT2D eigenvalue weighted by Crippen LogP contribution is 2.35. The summed E-state index contributed by atoms with van der Waals surface area (Å²) in [6.45, 7) is 1.19. The normalized spacial score (nSPS) is 45.8. The molecule has 1 N–H and O–H groups in total. The molecule has 64 valence electrons. The highest BCUT2D eigenvalue weighted by molar-refractivity contribution is 4.93. The van der Waals surface area contributed by atoms with Crippen LogP contribution in [-0.2, 0) is 0 Å². The molecule has 2 aliphatic rings. The Balaban J connectivity index is 2.08. The van der Waals surface area contributed by atoms with Crippen LogP contribution in [-0.4, -0.2) is 35.7 Å². The van der Waals surface area contributed by atoms with Crippen molar-refractivity contribution < 1.29 is 5.11 Å². The molecule has 0 amide bonds. The SMILES string of the molecule is CN1CC[C@H]2CCCC(O)[C@H]21. The van der Waals surface area contributed by atoms with Crippen LogP contribution in [0.5, 0.6) is 0 Å². The largest absolute Gasteiger partial charge is 0.391 e. The minimum atomic E-state index is -0.0405. The molecule has 0 aromatic heterocycles. The van der Waals surface area contributed by atoms with Crippen LogP contribution in [0, 0.1) is 5.92 Å². The molecule has 0 aromatic rings. The second kappa shape index (κ2) is 2.76. The zero-order valence-corrected chi connectivity index (χ0v) is 7.16. The van der Waals surface area contributed by atoms with E-state index < -0.39 is 0 Å². The second-order valence-electron chi connectivity index (χ2n) is 4.02. The summed E-state index contributed by atoms with van der Waals surface area (Å²) < 4.78 is 0. The fourth-order valence-electron chi connectivity index (χ4n) is 2.73. The van der Waals surface area contributed by atoms with E-state index in [0.29, 0.717) is 6.04 Å². The van der Waals surface area contributed by atoms with Gasteiger partial charge in [0.05, 0.1) is 6.10 Å². The Morgan fingerprint density at radius 3 is 2.82 bits per heavy atom. The average molecular weight is 155 g/mol. The first-order chi connectivity index (χ1) is 5.29. The molecular formula is C9H17NO. The molecule has 3 atom stereocenters. The predicted octanol–water partition coefficient (Wildman–Crippen LogP) is 0.851. The van der Waals surface area contributed by atoms with E-state index in [9.17, 15) is 5.11 Å². The predicted molar refractivity (Wildman–Crippen MR) is 44.4 cm³/mol. The molecule has 0 radical (unpaired) electrons. The number of likely N-dealkylation sites (tertiary alicyclic amines) is 1. The van der Waals surface area contributed by atoms with Crippen molar-refractivity contribution in [2.24, 2.45) is 5.92 Å². The number of aliphatic hydroxyl groups is 1. The third-order valence-corrected chi connectivity index (χ3v) is 3.31. The Kier molecular flexibility index (Phi) is 1.90. The first kappa shape index (κ1) is 7.56. The van der Waals surface area contributed by atoms with Crippen LogP contribution in [0.2, 0.25) is 0 Å². The van der Waals surface area contributed by atoms with E-state index >= 15 is 0 Å². The molecule has 0 aromatic carbocycles. The summed E-state index contributed by atoms with van der Waals surface area (Å²) in [4.78, 5) is 2.33. The molecule has 1 saturated heterocycles. The summed E-state index contributed by atoms with van der Waals surface area (Å²) in [6, 6.07) is 0.490. The number of likely N-dealkylation sites (N-methyl/N-ethyl adjacent to an activating group) is 1. The van der Waals surface area contributed by atoms with Crippen LogP contribution < -0.4 is 0 Å². The van der Waals surface area contributed by atoms with E-state index in [-0.39, 0.29) is 6.10 Å². The van der Waals surface area contributed by atoms with Gasteiger partial charge in [-0.05, 0) is 38.8 Å². The first-order valence-corrected chi connectivity index (χ1v) is 4.67. The van der Waals surface area contributed by atoms with Gasteiger partial charge in [-0.25, -0.2) is 0 Å². The van der Waals surface area contributed by atoms with Gasteiger partial charge in [0.25, 0.3) is 0 Å². The molecule has 0 bridgehead atoms. The molecule has 1 aliphatic carbocycles. The molecular weight excluding hydrogens is 138 g/mol. The van der Waals surface area contributed by atoms with E-state index in [1.165, 1.54) is 25.8 Å². The van der Waals surface area contributed by atoms with Crippen molar-refractivity contribution in [2.75, 3.05) is 13.6 Å². The van der Waals surface area contributed by atoms with Gasteiger partial charge in [0.2, 0.25) is 0 Å². The second-order valence-corrected chi connectivity index (χ2v) is 4.02. The molecule has 2 fully saturated rings. The van der Waals surface area contributed by atoms with E-state index in [2.05, 4.69) is 11.9 Å². The van der Waals surface area contributed by atoms with Gasteiger partial charge in [-0.3, -0.25) is 0 Å². The van der Waals surface area contributed by atoms with Crippen molar-refractivity contribution in [1.29, 1.82) is 0 Å². The van der Waals surface area contributed by atoms with Gasteiger partial charge in [0, 0.05) is 6.04 Å². The lowest BCUT2D eigenvalue weighted by molar-refractivity contribution is 0.0340. The lowest BCUT2D eigenvalue weighted by Gasteiger charge is -2.33. The molecule has 11 heavy (non-hydrogen) atoms. The zero-order chi connectivity index (χ0) is 7.84. The number of rotatable bonds is 0. The van der Waals surface area contributed by atoms with Crippen molar-refractivity contribution >= 4 is 0 Å². The van der Waals surface area contributed by atoms with Crippen LogP contribution in [0.15, 0.2) is 0 Å². The average Bonchev–Trinajstić information content (AvgIpc) is 2.34. The fourth-order valence-corrected chi connectivity index (χ4v) is 2.73. The maximum atomic E-state index is 9.71. The highest BCUT2D eigenvalue weighted by Gasteiger charge is 2.38. The topological polar surface area (TPSA) is 23.5 Å². The monoisotopic (exact) mass is 155 g/mol. The molecule has 1 aliphatic heterocycles. The summed E-state index contributed by atoms with van der Waals surface area (Å²) in [5, 5.41) is 9.71. The van der Waals surface area contributed by atoms with E-state index in [1.54, 1.807) is 0 Å². The minimum Gasteiger partial charge on any atom is -0.391 e. The lowest BCUT2D eigenvalue weighted by Crippen LogP contribution is -2.42. The maximum Gasteiger partial charge on any atom is 0.0698 e. The summed E-state index contributed by atoms with van der Waals surface area (Å²) in [5.74, 6) is 0.795. The third-order valence-electron chi connectivity index (χ3n) is 3.31. The van der Waals surface area contributed by atoms with Crippen LogP contribution in [0.4, 0.5) is 0 Å². The van der Waals surface area contributed by atoms with E-state index in [1.807, 2.05) is 0 Å². The summed E-state index contributed by atoms with van der Waals surface area (Å²) in [7, 11) is 2.14. The van der Waals surface area contributed by atoms with Crippen molar-refractivity contribution in [3.05, 3.63) is 0 Å². The molecule has 1 unspecified atom stereocenters. The minimum absolute atomic E-state index is 0.0405. The van der Waals surface area contributed by atoms with Gasteiger partial charge >= 0.3 is 0 Å². The number of fused-ring (bicyclic) bond motifs is 1. The van der Waals surface area contributed by atoms with Crippen molar-refractivity contribution in [3.63, 3.8) is 0 Å². The van der Waals surface area contributed by atoms with Crippen LogP contribution in [0.3, 0.4) is 0 Å². The van der Waals surface area contributed by atoms with E-state index in [4.69, 9.17) is 0 Å². The zero-order valence-electron chi connectivity index (χ0n) is 7.16. The van der Waals surface area contributed by atoms with Gasteiger partial charge in [0.15, 0.2) is 0 Å². The molecule has 0 spiro atoms. The third kappa shape index (κ3) is 1.18. The number of nitrogens with zero attached hydrogens (tertiary/aromatic N) is 1. The Morgan fingerprint density at radius 2 is 2.09 bits per heavy atom. The first-order valence-electron chi connectivity index (χ1n) is 4.67. The lowest BCUT2D eigenvalue weighted by atomic mass is 9.83. The Morgan fingerprint density at radius 1 is 1.27 bits per heavy atom. The van der Waals surface area contributed by atoms with Gasteiger partial charge in [-0.2, -0.15) is 0 Å². The smallest absolute Gasteiger partial charge is 0.0698 e. The number of aliphatic hydroxyl groups excluding tert-OH is 1. The Labute approximate surface area is 68.2 Å². The van der Waals surface area contributed by atoms with Gasteiger partial charge in [-0.1, -0.05) is 6.42 Å². The van der Waals surface area contributed by atoms with Gasteiger partial charge in [0.1, 0.15) is 0 Å². The quantitative estimate of drug-likeness (QED) is 0.560. The highest BCUT2D eigenvalue weighted by atomic mass is 16.3. The van der Waals surface area contributed by atoms with E-state index in [0.717, 1.165) is 12.3 Å². The molecule has 2 nitrogen and oxygen atoms in total. The molecule has 2 heteroatoms. The molecule has 2 rings (SSSR count). The Hall–Kier alpha value is -0.0800. The summed E-state index contributed by atoms with van der Waals surface area (Å²) in [5.41, 5.74) is 0. The van der Waals surface area contributed by atoms with Crippen molar-refractivity contribution in [1.82, 2.24) is 4.90 Å². The summed E-state index contributed by atoms with van der Waals surface area (Å²) in [6.07, 6.45) is 4.85. The van der Waals surface area contributed by atoms with Crippen LogP contribution >= 0.6 is 0 Å².